The Balaban J connectivity index is 1.42. The van der Waals surface area contributed by atoms with Crippen LogP contribution in [-0.2, 0) is 32.7 Å². The smallest absolute Gasteiger partial charge is 0.303 e. The van der Waals surface area contributed by atoms with Crippen LogP contribution >= 0.6 is 0 Å². The molecule has 1 fully saturated rings. The van der Waals surface area contributed by atoms with Gasteiger partial charge in [0.25, 0.3) is 5.91 Å². The maximum absolute atomic E-state index is 13.3. The van der Waals surface area contributed by atoms with Crippen molar-refractivity contribution in [1.82, 2.24) is 18.5 Å². The van der Waals surface area contributed by atoms with Gasteiger partial charge in [0.15, 0.2) is 0 Å². The molecule has 1 aliphatic heterocycles. The zero-order valence-corrected chi connectivity index (χ0v) is 26.1. The number of aryl methyl sites for hydroxylation is 2. The minimum Gasteiger partial charge on any atom is -0.497 e. The number of nitrogens with one attached hydrogen (secondary N) is 1. The Morgan fingerprint density at radius 1 is 1.05 bits per heavy atom. The van der Waals surface area contributed by atoms with Gasteiger partial charge in [0.2, 0.25) is 6.41 Å². The van der Waals surface area contributed by atoms with Gasteiger partial charge in [-0.05, 0) is 73.1 Å². The van der Waals surface area contributed by atoms with Gasteiger partial charge < -0.3 is 18.9 Å². The molecule has 1 saturated carbocycles. The van der Waals surface area contributed by atoms with E-state index >= 15 is 0 Å². The van der Waals surface area contributed by atoms with Gasteiger partial charge in [-0.3, -0.25) is 9.59 Å². The maximum Gasteiger partial charge on any atom is 0.303 e. The van der Waals surface area contributed by atoms with Gasteiger partial charge in [-0.1, -0.05) is 25.3 Å². The van der Waals surface area contributed by atoms with Gasteiger partial charge in [-0.2, -0.15) is 12.7 Å². The number of nitrogens with zero attached hydrogens (tertiary/aromatic N) is 3. The monoisotopic (exact) mass is 610 g/mol. The van der Waals surface area contributed by atoms with Gasteiger partial charge in [-0.15, -0.1) is 0 Å². The molecule has 3 aromatic rings. The number of aromatic nitrogens is 1. The summed E-state index contributed by atoms with van der Waals surface area (Å²) < 4.78 is 42.5. The highest BCUT2D eigenvalue weighted by Gasteiger charge is 2.30. The molecule has 0 radical (unpaired) electrons. The molecular formula is C32H42N4O6S. The van der Waals surface area contributed by atoms with Crippen molar-refractivity contribution in [2.45, 2.75) is 57.4 Å². The predicted octanol–water partition coefficient (Wildman–Crippen LogP) is 4.32. The van der Waals surface area contributed by atoms with E-state index in [4.69, 9.17) is 9.47 Å². The average molecular weight is 611 g/mol. The first-order valence-electron chi connectivity index (χ1n) is 15.1. The fraction of sp³-hybridized carbons (Fsp3) is 0.500. The van der Waals surface area contributed by atoms with Crippen LogP contribution in [0.4, 0.5) is 0 Å². The van der Waals surface area contributed by atoms with Gasteiger partial charge in [0.1, 0.15) is 5.75 Å². The summed E-state index contributed by atoms with van der Waals surface area (Å²) in [6.07, 6.45) is 8.54. The molecule has 2 heterocycles. The predicted molar refractivity (Wildman–Crippen MR) is 167 cm³/mol. The zero-order valence-electron chi connectivity index (χ0n) is 25.3. The number of hydrogen-bond acceptors (Lipinski definition) is 6. The van der Waals surface area contributed by atoms with Gasteiger partial charge in [0, 0.05) is 55.8 Å². The van der Waals surface area contributed by atoms with Crippen LogP contribution in [0.25, 0.3) is 22.2 Å². The minimum absolute atomic E-state index is 0.0631. The van der Waals surface area contributed by atoms with Crippen molar-refractivity contribution in [3.63, 3.8) is 0 Å². The number of amides is 2. The molecule has 2 amide bonds. The molecule has 0 atom stereocenters. The normalized spacial score (nSPS) is 15.5. The van der Waals surface area contributed by atoms with Crippen LogP contribution in [0.3, 0.4) is 0 Å². The molecule has 2 aromatic carbocycles. The van der Waals surface area contributed by atoms with Crippen LogP contribution in [0.1, 0.15) is 65.9 Å². The summed E-state index contributed by atoms with van der Waals surface area (Å²) in [6.45, 7) is 1.71. The first-order chi connectivity index (χ1) is 20.7. The van der Waals surface area contributed by atoms with E-state index in [2.05, 4.69) is 21.4 Å². The average Bonchev–Trinajstić information content (AvgIpc) is 3.21. The van der Waals surface area contributed by atoms with E-state index < -0.39 is 16.1 Å². The molecule has 43 heavy (non-hydrogen) atoms. The second-order valence-corrected chi connectivity index (χ2v) is 13.3. The number of hydrogen-bond donors (Lipinski definition) is 1. The molecule has 0 saturated heterocycles. The van der Waals surface area contributed by atoms with Crippen LogP contribution in [0, 0.1) is 0 Å². The lowest BCUT2D eigenvalue weighted by molar-refractivity contribution is -0.117. The number of carbonyl (C=O) groups is 2. The van der Waals surface area contributed by atoms with Crippen LogP contribution in [0.2, 0.25) is 0 Å². The Kier molecular flexibility index (Phi) is 9.73. The summed E-state index contributed by atoms with van der Waals surface area (Å²) in [7, 11) is 0.646. The molecule has 0 bridgehead atoms. The standard InChI is InChI=1S/C32H42N4O6S/c1-34(22-37)16-18-42-19-17-35(2)43(39,40)33-32(38)25-11-13-28-29(21-25)36-15-7-10-24-20-26(41-3)12-14-27(24)31(36)30(28)23-8-5-4-6-9-23/h11-14,20-23H,4-10,15-19H2,1-3H3,(H,33,38). The number of fused-ring (bicyclic) bond motifs is 5. The molecule has 232 valence electrons. The molecule has 5 rings (SSSR count). The van der Waals surface area contributed by atoms with E-state index in [1.54, 1.807) is 20.2 Å². The van der Waals surface area contributed by atoms with Gasteiger partial charge in [0.05, 0.1) is 26.0 Å². The molecule has 0 spiro atoms. The molecule has 1 aromatic heterocycles. The highest BCUT2D eigenvalue weighted by molar-refractivity contribution is 7.87. The van der Waals surface area contributed by atoms with Crippen LogP contribution in [-0.4, -0.2) is 82.0 Å². The van der Waals surface area contributed by atoms with Crippen LogP contribution in [0.15, 0.2) is 36.4 Å². The number of methoxy groups -OCH3 is 1. The molecular weight excluding hydrogens is 568 g/mol. The Morgan fingerprint density at radius 2 is 1.81 bits per heavy atom. The second-order valence-electron chi connectivity index (χ2n) is 11.6. The van der Waals surface area contributed by atoms with E-state index in [-0.39, 0.29) is 19.8 Å². The lowest BCUT2D eigenvalue weighted by Crippen LogP contribution is -2.42. The summed E-state index contributed by atoms with van der Waals surface area (Å²) in [5.41, 5.74) is 6.32. The van der Waals surface area contributed by atoms with E-state index in [9.17, 15) is 18.0 Å². The van der Waals surface area contributed by atoms with Crippen molar-refractivity contribution in [3.05, 3.63) is 53.1 Å². The van der Waals surface area contributed by atoms with E-state index in [1.165, 1.54) is 53.6 Å². The SMILES string of the molecule is COc1ccc2c(c1)CCCn1c-2c(C2CCCCC2)c2ccc(C(=O)NS(=O)(=O)N(C)CCOCCN(C)C=O)cc21. The van der Waals surface area contributed by atoms with E-state index in [0.29, 0.717) is 24.4 Å². The fourth-order valence-corrected chi connectivity index (χ4v) is 7.16. The molecule has 1 N–H and O–H groups in total. The summed E-state index contributed by atoms with van der Waals surface area (Å²) >= 11 is 0. The quantitative estimate of drug-likeness (QED) is 0.242. The first-order valence-corrected chi connectivity index (χ1v) is 16.5. The largest absolute Gasteiger partial charge is 0.497 e. The van der Waals surface area contributed by atoms with Crippen molar-refractivity contribution in [3.8, 4) is 17.0 Å². The second kappa shape index (κ2) is 13.5. The number of benzene rings is 2. The molecule has 10 nitrogen and oxygen atoms in total. The summed E-state index contributed by atoms with van der Waals surface area (Å²) in [5, 5.41) is 1.14. The summed E-state index contributed by atoms with van der Waals surface area (Å²) in [5.74, 6) is 0.621. The highest BCUT2D eigenvalue weighted by Crippen LogP contribution is 2.46. The van der Waals surface area contributed by atoms with Gasteiger partial charge in [-0.25, -0.2) is 4.72 Å². The van der Waals surface area contributed by atoms with Crippen molar-refractivity contribution in [1.29, 1.82) is 0 Å². The first kappa shape index (κ1) is 31.0. The topological polar surface area (TPSA) is 110 Å². The Morgan fingerprint density at radius 3 is 2.56 bits per heavy atom. The summed E-state index contributed by atoms with van der Waals surface area (Å²) in [4.78, 5) is 25.4. The fourth-order valence-electron chi connectivity index (χ4n) is 6.34. The Bertz CT molecular complexity index is 1580. The van der Waals surface area contributed by atoms with Gasteiger partial charge >= 0.3 is 10.2 Å². The maximum atomic E-state index is 13.3. The number of ether oxygens (including phenoxy) is 2. The lowest BCUT2D eigenvalue weighted by Gasteiger charge is -2.24. The number of carbonyl (C=O) groups excluding carboxylic acids is 2. The van der Waals surface area contributed by atoms with Crippen molar-refractivity contribution < 1.29 is 27.5 Å². The molecule has 11 heteroatoms. The van der Waals surface area contributed by atoms with Crippen molar-refractivity contribution in [2.24, 2.45) is 0 Å². The lowest BCUT2D eigenvalue weighted by atomic mass is 9.81. The molecule has 1 aliphatic carbocycles. The minimum atomic E-state index is -4.08. The van der Waals surface area contributed by atoms with Crippen molar-refractivity contribution >= 4 is 33.4 Å². The molecule has 2 aliphatic rings. The third-order valence-electron chi connectivity index (χ3n) is 8.73. The summed E-state index contributed by atoms with van der Waals surface area (Å²) in [6, 6.07) is 11.9. The number of rotatable bonds is 12. The Labute approximate surface area is 254 Å². The third-order valence-corrected chi connectivity index (χ3v) is 10.2. The van der Waals surface area contributed by atoms with Crippen molar-refractivity contribution in [2.75, 3.05) is 47.5 Å². The molecule has 0 unspecified atom stereocenters. The third kappa shape index (κ3) is 6.73. The van der Waals surface area contributed by atoms with Crippen LogP contribution in [0.5, 0.6) is 5.75 Å². The van der Waals surface area contributed by atoms with Crippen LogP contribution < -0.4 is 9.46 Å². The van der Waals surface area contributed by atoms with E-state index in [1.807, 2.05) is 18.2 Å². The highest BCUT2D eigenvalue weighted by atomic mass is 32.2. The zero-order chi connectivity index (χ0) is 30.6. The Hall–Kier alpha value is -3.41. The number of likely N-dealkylation sites (N-methyl/N-ethyl adjacent to an activating group) is 2. The van der Waals surface area contributed by atoms with E-state index in [0.717, 1.165) is 53.2 Å².